The predicted octanol–water partition coefficient (Wildman–Crippen LogP) is 3.00. The molecule has 0 radical (unpaired) electrons. The van der Waals surface area contributed by atoms with Gasteiger partial charge in [-0.3, -0.25) is 0 Å². The van der Waals surface area contributed by atoms with Gasteiger partial charge in [-0.25, -0.2) is 0 Å². The van der Waals surface area contributed by atoms with Crippen LogP contribution in [-0.2, 0) is 0 Å². The molecule has 0 rings (SSSR count). The second-order valence-electron chi connectivity index (χ2n) is 3.38. The van der Waals surface area contributed by atoms with Crippen LogP contribution >= 0.6 is 0 Å². The summed E-state index contributed by atoms with van der Waals surface area (Å²) in [6, 6.07) is 0. The minimum Gasteiger partial charge on any atom is -0.391 e. The summed E-state index contributed by atoms with van der Waals surface area (Å²) < 4.78 is 0. The van der Waals surface area contributed by atoms with E-state index in [1.165, 1.54) is 5.57 Å². The lowest BCUT2D eigenvalue weighted by Gasteiger charge is -2.04. The van der Waals surface area contributed by atoms with Crippen LogP contribution in [0.15, 0.2) is 12.2 Å². The summed E-state index contributed by atoms with van der Waals surface area (Å²) in [4.78, 5) is 0. The molecule has 64 valence electrons. The van der Waals surface area contributed by atoms with E-state index in [9.17, 15) is 0 Å². The van der Waals surface area contributed by atoms with Crippen LogP contribution in [0.1, 0.15) is 42.0 Å². The largest absolute Gasteiger partial charge is 0.391 e. The molecule has 10 heavy (non-hydrogen) atoms. The maximum Gasteiger partial charge on any atom is 0.0563 e. The highest BCUT2D eigenvalue weighted by Crippen LogP contribution is 1.93. The van der Waals surface area contributed by atoms with Gasteiger partial charge in [0.15, 0.2) is 0 Å². The lowest BCUT2D eigenvalue weighted by Crippen LogP contribution is -2.10. The van der Waals surface area contributed by atoms with Gasteiger partial charge in [-0.05, 0) is 34.6 Å². The number of allylic oxidation sites excluding steroid dienone is 1. The van der Waals surface area contributed by atoms with Crippen LogP contribution in [0.25, 0.3) is 0 Å². The fourth-order valence-corrected chi connectivity index (χ4v) is 0. The highest BCUT2D eigenvalue weighted by Gasteiger charge is 1.97. The van der Waals surface area contributed by atoms with Crippen LogP contribution in [0.3, 0.4) is 0 Å². The van der Waals surface area contributed by atoms with E-state index in [0.717, 1.165) is 0 Å². The van der Waals surface area contributed by atoms with Crippen molar-refractivity contribution in [1.29, 1.82) is 0 Å². The van der Waals surface area contributed by atoms with E-state index in [2.05, 4.69) is 6.58 Å². The zero-order chi connectivity index (χ0) is 8.08. The summed E-state index contributed by atoms with van der Waals surface area (Å²) in [7, 11) is 0. The van der Waals surface area contributed by atoms with E-state index in [1.54, 1.807) is 20.8 Å². The molecule has 0 heterocycles. The van der Waals surface area contributed by atoms with E-state index in [4.69, 9.17) is 5.11 Å². The van der Waals surface area contributed by atoms with E-state index >= 15 is 0 Å². The Bertz CT molecular complexity index is 67.2. The second kappa shape index (κ2) is 6.81. The quantitative estimate of drug-likeness (QED) is 0.521. The van der Waals surface area contributed by atoms with Gasteiger partial charge in [0.25, 0.3) is 0 Å². The van der Waals surface area contributed by atoms with Gasteiger partial charge in [0.2, 0.25) is 0 Å². The van der Waals surface area contributed by atoms with Gasteiger partial charge >= 0.3 is 0 Å². The summed E-state index contributed by atoms with van der Waals surface area (Å²) in [5.41, 5.74) is 0.667. The van der Waals surface area contributed by atoms with Crippen molar-refractivity contribution >= 4 is 0 Å². The molecule has 0 amide bonds. The molecule has 0 saturated heterocycles. The monoisotopic (exact) mass is 146 g/mol. The Balaban J connectivity index is -0.0000000910. The van der Waals surface area contributed by atoms with Gasteiger partial charge in [-0.15, -0.1) is 6.58 Å². The molecule has 0 spiro atoms. The van der Waals surface area contributed by atoms with Gasteiger partial charge in [-0.2, -0.15) is 0 Å². The van der Waals surface area contributed by atoms with Crippen LogP contribution in [0.2, 0.25) is 0 Å². The molecular weight excluding hydrogens is 124 g/mol. The third-order valence-corrected chi connectivity index (χ3v) is 0. The van der Waals surface area contributed by atoms with Gasteiger partial charge in [0, 0.05) is 0 Å². The Labute approximate surface area is 65.8 Å². The highest BCUT2D eigenvalue weighted by atomic mass is 16.3. The Kier molecular flexibility index (Phi) is 11.1. The van der Waals surface area contributed by atoms with E-state index in [-0.39, 0.29) is 7.43 Å². The second-order valence-corrected chi connectivity index (χ2v) is 3.38. The standard InChI is InChI=1S/C4H10O.C4H8.CH4/c1-4(2,3)5;1-4(2)3;/h5H,1-3H3;1H2,2-3H3;1H4. The van der Waals surface area contributed by atoms with Crippen molar-refractivity contribution in [3.8, 4) is 0 Å². The maximum atomic E-state index is 8.52. The van der Waals surface area contributed by atoms with Crippen molar-refractivity contribution < 1.29 is 5.11 Å². The summed E-state index contributed by atoms with van der Waals surface area (Å²) >= 11 is 0. The molecule has 0 aromatic rings. The molecule has 0 bridgehead atoms. The molecule has 1 heteroatoms. The fourth-order valence-electron chi connectivity index (χ4n) is 0. The summed E-state index contributed by atoms with van der Waals surface area (Å²) in [5, 5.41) is 8.52. The molecule has 0 unspecified atom stereocenters. The Morgan fingerprint density at radius 1 is 1.20 bits per heavy atom. The van der Waals surface area contributed by atoms with Crippen molar-refractivity contribution in [2.24, 2.45) is 0 Å². The lowest BCUT2D eigenvalue weighted by atomic mass is 10.2. The zero-order valence-electron chi connectivity index (χ0n) is 7.15. The Morgan fingerprint density at radius 3 is 1.20 bits per heavy atom. The van der Waals surface area contributed by atoms with Crippen molar-refractivity contribution in [1.82, 2.24) is 0 Å². The van der Waals surface area contributed by atoms with Crippen LogP contribution in [0, 0.1) is 0 Å². The minimum atomic E-state index is -0.500. The first-order valence-corrected chi connectivity index (χ1v) is 3.08. The van der Waals surface area contributed by atoms with Crippen molar-refractivity contribution in [3.05, 3.63) is 12.2 Å². The molecule has 1 nitrogen and oxygen atoms in total. The summed E-state index contributed by atoms with van der Waals surface area (Å²) in [5.74, 6) is 0. The van der Waals surface area contributed by atoms with Gasteiger partial charge in [-0.1, -0.05) is 13.0 Å². The lowest BCUT2D eigenvalue weighted by molar-refractivity contribution is 0.102. The number of aliphatic hydroxyl groups is 1. The predicted molar refractivity (Wildman–Crippen MR) is 49.2 cm³/mol. The average Bonchev–Trinajstić information content (AvgIpc) is 1.19. The van der Waals surface area contributed by atoms with Crippen molar-refractivity contribution in [2.45, 2.75) is 47.6 Å². The Morgan fingerprint density at radius 2 is 1.20 bits per heavy atom. The number of hydrogen-bond donors (Lipinski definition) is 1. The normalized spacial score (nSPS) is 8.60. The molecular formula is C9H22O. The van der Waals surface area contributed by atoms with Gasteiger partial charge < -0.3 is 5.11 Å². The molecule has 0 aromatic carbocycles. The van der Waals surface area contributed by atoms with Crippen LogP contribution in [-0.4, -0.2) is 10.7 Å². The third-order valence-electron chi connectivity index (χ3n) is 0. The molecule has 0 aliphatic carbocycles. The maximum absolute atomic E-state index is 8.52. The Hall–Kier alpha value is -0.300. The van der Waals surface area contributed by atoms with Crippen molar-refractivity contribution in [2.75, 3.05) is 0 Å². The summed E-state index contributed by atoms with van der Waals surface area (Å²) in [6.45, 7) is 12.7. The molecule has 0 aliphatic heterocycles. The van der Waals surface area contributed by atoms with Crippen LogP contribution in [0.4, 0.5) is 0 Å². The number of rotatable bonds is 0. The van der Waals surface area contributed by atoms with E-state index < -0.39 is 5.60 Å². The first-order valence-electron chi connectivity index (χ1n) is 3.08. The molecule has 0 saturated carbocycles. The smallest absolute Gasteiger partial charge is 0.0563 e. The molecule has 0 atom stereocenters. The highest BCUT2D eigenvalue weighted by molar-refractivity contribution is 4.78. The topological polar surface area (TPSA) is 20.2 Å². The SMILES string of the molecule is C.C=C(C)C.CC(C)(C)O. The first kappa shape index (κ1) is 16.4. The zero-order valence-corrected chi connectivity index (χ0v) is 7.15. The van der Waals surface area contributed by atoms with Crippen LogP contribution < -0.4 is 0 Å². The summed E-state index contributed by atoms with van der Waals surface area (Å²) in [6.07, 6.45) is 0. The van der Waals surface area contributed by atoms with Crippen molar-refractivity contribution in [3.63, 3.8) is 0 Å². The average molecular weight is 146 g/mol. The molecule has 0 aromatic heterocycles. The van der Waals surface area contributed by atoms with Gasteiger partial charge in [0.1, 0.15) is 0 Å². The molecule has 0 aliphatic rings. The molecule has 0 fully saturated rings. The third kappa shape index (κ3) is 3840. The fraction of sp³-hybridized carbons (Fsp3) is 0.778. The number of hydrogen-bond acceptors (Lipinski definition) is 1. The minimum absolute atomic E-state index is 0. The molecule has 1 N–H and O–H groups in total. The van der Waals surface area contributed by atoms with Crippen LogP contribution in [0.5, 0.6) is 0 Å². The van der Waals surface area contributed by atoms with E-state index in [0.29, 0.717) is 0 Å². The first-order chi connectivity index (χ1) is 3.73. The van der Waals surface area contributed by atoms with E-state index in [1.807, 2.05) is 13.8 Å². The van der Waals surface area contributed by atoms with Gasteiger partial charge in [0.05, 0.1) is 5.60 Å².